The topological polar surface area (TPSA) is 73.0 Å². The van der Waals surface area contributed by atoms with Crippen molar-refractivity contribution in [2.45, 2.75) is 19.9 Å². The Hall–Kier alpha value is -2.02. The number of nitrogens with zero attached hydrogens (tertiary/aromatic N) is 5. The first-order chi connectivity index (χ1) is 9.41. The van der Waals surface area contributed by atoms with Crippen molar-refractivity contribution in [1.29, 1.82) is 0 Å². The van der Waals surface area contributed by atoms with Gasteiger partial charge in [-0.1, -0.05) is 0 Å². The van der Waals surface area contributed by atoms with Crippen LogP contribution in [-0.4, -0.2) is 44.6 Å². The molecule has 0 aliphatic rings. The molecule has 0 atom stereocenters. The Morgan fingerprint density at radius 2 is 2.00 bits per heavy atom. The highest BCUT2D eigenvalue weighted by Crippen LogP contribution is 2.02. The number of hydrogen-bond donors (Lipinski definition) is 0. The second kappa shape index (κ2) is 5.54. The van der Waals surface area contributed by atoms with Gasteiger partial charge in [0.25, 0.3) is 5.56 Å². The third-order valence-electron chi connectivity index (χ3n) is 3.19. The maximum atomic E-state index is 12.3. The predicted octanol–water partition coefficient (Wildman–Crippen LogP) is -0.250. The molecule has 2 aromatic rings. The lowest BCUT2D eigenvalue weighted by Gasteiger charge is -2.12. The first kappa shape index (κ1) is 14.4. The molecule has 0 radical (unpaired) electrons. The third-order valence-corrected chi connectivity index (χ3v) is 3.19. The van der Waals surface area contributed by atoms with Gasteiger partial charge in [0, 0.05) is 19.8 Å². The van der Waals surface area contributed by atoms with Crippen LogP contribution in [0, 0.1) is 6.92 Å². The molecule has 20 heavy (non-hydrogen) atoms. The molecule has 7 nitrogen and oxygen atoms in total. The number of aromatic nitrogens is 4. The van der Waals surface area contributed by atoms with Gasteiger partial charge in [-0.25, -0.2) is 14.8 Å². The summed E-state index contributed by atoms with van der Waals surface area (Å²) in [5.41, 5.74) is -0.266. The maximum Gasteiger partial charge on any atom is 0.332 e. The van der Waals surface area contributed by atoms with E-state index in [1.54, 1.807) is 14.0 Å². The van der Waals surface area contributed by atoms with Gasteiger partial charge in [0.2, 0.25) is 0 Å². The van der Waals surface area contributed by atoms with Gasteiger partial charge in [-0.15, -0.1) is 0 Å². The summed E-state index contributed by atoms with van der Waals surface area (Å²) < 4.78 is 2.66. The summed E-state index contributed by atoms with van der Waals surface area (Å²) in [7, 11) is 5.54. The van der Waals surface area contributed by atoms with Crippen molar-refractivity contribution < 1.29 is 0 Å². The minimum Gasteiger partial charge on any atom is -0.309 e. The third kappa shape index (κ3) is 2.62. The lowest BCUT2D eigenvalue weighted by molar-refractivity contribution is 0.381. The standard InChI is InChI=1S/C13H19N5O2/c1-9-14-8-10-11(15-9)17(4)13(20)18(12(10)19)7-5-6-16(2)3/h8H,5-7H2,1-4H3. The van der Waals surface area contributed by atoms with E-state index in [-0.39, 0.29) is 11.2 Å². The predicted molar refractivity (Wildman–Crippen MR) is 76.9 cm³/mol. The lowest BCUT2D eigenvalue weighted by Crippen LogP contribution is -2.40. The van der Waals surface area contributed by atoms with E-state index in [2.05, 4.69) is 9.97 Å². The molecule has 0 spiro atoms. The second-order valence-electron chi connectivity index (χ2n) is 5.11. The van der Waals surface area contributed by atoms with E-state index in [0.29, 0.717) is 23.4 Å². The summed E-state index contributed by atoms with van der Waals surface area (Å²) in [5.74, 6) is 0.539. The van der Waals surface area contributed by atoms with Crippen molar-refractivity contribution in [2.75, 3.05) is 20.6 Å². The number of rotatable bonds is 4. The van der Waals surface area contributed by atoms with E-state index in [4.69, 9.17) is 0 Å². The zero-order valence-electron chi connectivity index (χ0n) is 12.3. The van der Waals surface area contributed by atoms with E-state index in [0.717, 1.165) is 13.0 Å². The van der Waals surface area contributed by atoms with Crippen LogP contribution in [-0.2, 0) is 13.6 Å². The van der Waals surface area contributed by atoms with Gasteiger partial charge in [-0.05, 0) is 34.0 Å². The van der Waals surface area contributed by atoms with Crippen molar-refractivity contribution in [3.63, 3.8) is 0 Å². The largest absolute Gasteiger partial charge is 0.332 e. The second-order valence-corrected chi connectivity index (χ2v) is 5.11. The summed E-state index contributed by atoms with van der Waals surface area (Å²) in [6.07, 6.45) is 2.22. The highest BCUT2D eigenvalue weighted by Gasteiger charge is 2.12. The number of aryl methyl sites for hydroxylation is 2. The van der Waals surface area contributed by atoms with Gasteiger partial charge < -0.3 is 4.90 Å². The Bertz CT molecular complexity index is 745. The van der Waals surface area contributed by atoms with Gasteiger partial charge in [0.15, 0.2) is 5.65 Å². The summed E-state index contributed by atoms with van der Waals surface area (Å²) in [5, 5.41) is 0.377. The van der Waals surface area contributed by atoms with Crippen LogP contribution in [0.15, 0.2) is 15.8 Å². The number of hydrogen-bond acceptors (Lipinski definition) is 5. The fraction of sp³-hybridized carbons (Fsp3) is 0.538. The molecule has 0 saturated carbocycles. The summed E-state index contributed by atoms with van der Waals surface area (Å²) in [6, 6.07) is 0. The number of fused-ring (bicyclic) bond motifs is 1. The molecule has 0 amide bonds. The van der Waals surface area contributed by atoms with E-state index in [1.165, 1.54) is 15.3 Å². The Kier molecular flexibility index (Phi) is 3.99. The van der Waals surface area contributed by atoms with Crippen LogP contribution in [0.25, 0.3) is 11.0 Å². The first-order valence-electron chi connectivity index (χ1n) is 6.49. The highest BCUT2D eigenvalue weighted by molar-refractivity contribution is 5.72. The smallest absolute Gasteiger partial charge is 0.309 e. The minimum atomic E-state index is -0.334. The van der Waals surface area contributed by atoms with Gasteiger partial charge in [-0.3, -0.25) is 13.9 Å². The molecule has 0 aliphatic heterocycles. The first-order valence-corrected chi connectivity index (χ1v) is 6.49. The molecule has 0 aromatic carbocycles. The molecule has 0 unspecified atom stereocenters. The van der Waals surface area contributed by atoms with Crippen molar-refractivity contribution in [3.8, 4) is 0 Å². The van der Waals surface area contributed by atoms with Crippen LogP contribution in [0.1, 0.15) is 12.2 Å². The Balaban J connectivity index is 2.54. The normalized spacial score (nSPS) is 11.4. The van der Waals surface area contributed by atoms with E-state index in [9.17, 15) is 9.59 Å². The van der Waals surface area contributed by atoms with Crippen molar-refractivity contribution in [1.82, 2.24) is 24.0 Å². The zero-order valence-corrected chi connectivity index (χ0v) is 12.3. The van der Waals surface area contributed by atoms with Crippen LogP contribution < -0.4 is 11.2 Å². The Labute approximate surface area is 116 Å². The zero-order chi connectivity index (χ0) is 14.9. The molecule has 0 fully saturated rings. The monoisotopic (exact) mass is 277 g/mol. The van der Waals surface area contributed by atoms with E-state index < -0.39 is 0 Å². The molecular formula is C13H19N5O2. The molecule has 108 valence electrons. The molecule has 0 saturated heterocycles. The van der Waals surface area contributed by atoms with Gasteiger partial charge in [0.05, 0.1) is 0 Å². The van der Waals surface area contributed by atoms with Crippen LogP contribution >= 0.6 is 0 Å². The SMILES string of the molecule is Cc1ncc2c(=O)n(CCCN(C)C)c(=O)n(C)c2n1. The highest BCUT2D eigenvalue weighted by atomic mass is 16.2. The van der Waals surface area contributed by atoms with Crippen molar-refractivity contribution in [3.05, 3.63) is 32.9 Å². The van der Waals surface area contributed by atoms with Crippen LogP contribution in [0.3, 0.4) is 0 Å². The van der Waals surface area contributed by atoms with Crippen LogP contribution in [0.2, 0.25) is 0 Å². The van der Waals surface area contributed by atoms with Crippen molar-refractivity contribution >= 4 is 11.0 Å². The van der Waals surface area contributed by atoms with Crippen LogP contribution in [0.5, 0.6) is 0 Å². The summed E-state index contributed by atoms with van der Waals surface area (Å²) in [4.78, 5) is 34.8. The molecule has 0 N–H and O–H groups in total. The molecule has 0 aliphatic carbocycles. The van der Waals surface area contributed by atoms with Crippen molar-refractivity contribution in [2.24, 2.45) is 7.05 Å². The molecule has 2 rings (SSSR count). The fourth-order valence-corrected chi connectivity index (χ4v) is 2.11. The Morgan fingerprint density at radius 3 is 2.65 bits per heavy atom. The lowest BCUT2D eigenvalue weighted by atomic mass is 10.3. The average Bonchev–Trinajstić information content (AvgIpc) is 2.39. The Morgan fingerprint density at radius 1 is 1.30 bits per heavy atom. The quantitative estimate of drug-likeness (QED) is 0.770. The summed E-state index contributed by atoms with van der Waals surface area (Å²) >= 11 is 0. The van der Waals surface area contributed by atoms with Gasteiger partial charge in [0.1, 0.15) is 11.2 Å². The van der Waals surface area contributed by atoms with Gasteiger partial charge in [-0.2, -0.15) is 0 Å². The summed E-state index contributed by atoms with van der Waals surface area (Å²) in [6.45, 7) is 2.94. The van der Waals surface area contributed by atoms with Gasteiger partial charge >= 0.3 is 5.69 Å². The minimum absolute atomic E-state index is 0.318. The maximum absolute atomic E-state index is 12.3. The van der Waals surface area contributed by atoms with E-state index in [1.807, 2.05) is 19.0 Å². The molecule has 2 heterocycles. The fourth-order valence-electron chi connectivity index (χ4n) is 2.11. The molecule has 0 bridgehead atoms. The average molecular weight is 277 g/mol. The van der Waals surface area contributed by atoms with Crippen LogP contribution in [0.4, 0.5) is 0 Å². The molecule has 7 heteroatoms. The van der Waals surface area contributed by atoms with E-state index >= 15 is 0 Å². The molecule has 2 aromatic heterocycles. The molecular weight excluding hydrogens is 258 g/mol.